The molecule has 0 aromatic carbocycles. The minimum atomic E-state index is -1.53. The highest BCUT2D eigenvalue weighted by Gasteiger charge is 2.52. The predicted octanol–water partition coefficient (Wildman–Crippen LogP) is 2.77. The first kappa shape index (κ1) is 26.2. The van der Waals surface area contributed by atoms with Crippen LogP contribution in [0.15, 0.2) is 5.34 Å². The summed E-state index contributed by atoms with van der Waals surface area (Å²) in [5.74, 6) is 0.748. The number of carbonyl (C=O) groups excluding carboxylic acids is 1. The van der Waals surface area contributed by atoms with E-state index >= 15 is 0 Å². The molecule has 1 aliphatic heterocycles. The van der Waals surface area contributed by atoms with E-state index in [1.807, 2.05) is 26.9 Å². The molecule has 0 aromatic heterocycles. The van der Waals surface area contributed by atoms with Crippen molar-refractivity contribution >= 4 is 27.5 Å². The monoisotopic (exact) mass is 498 g/mol. The maximum absolute atomic E-state index is 12.8. The Hall–Kier alpha value is -2.07. The van der Waals surface area contributed by atoms with Crippen molar-refractivity contribution in [2.75, 3.05) is 12.3 Å². The van der Waals surface area contributed by atoms with Gasteiger partial charge in [-0.2, -0.15) is 9.88 Å². The van der Waals surface area contributed by atoms with Crippen LogP contribution in [0.3, 0.4) is 0 Å². The van der Waals surface area contributed by atoms with Gasteiger partial charge in [0.1, 0.15) is 12.2 Å². The van der Waals surface area contributed by atoms with Crippen LogP contribution >= 0.6 is 21.6 Å². The normalized spacial score (nSPS) is 29.7. The summed E-state index contributed by atoms with van der Waals surface area (Å²) in [5, 5.41) is 25.0. The summed E-state index contributed by atoms with van der Waals surface area (Å²) >= 11 is 0. The Bertz CT molecular complexity index is 641. The van der Waals surface area contributed by atoms with Gasteiger partial charge in [0.25, 0.3) is 10.2 Å². The van der Waals surface area contributed by atoms with Crippen molar-refractivity contribution in [2.45, 2.75) is 75.4 Å². The first-order chi connectivity index (χ1) is 15.2. The zero-order chi connectivity index (χ0) is 23.6. The largest absolute Gasteiger partial charge is 0.356 e. The van der Waals surface area contributed by atoms with Gasteiger partial charge in [0, 0.05) is 17.5 Å². The summed E-state index contributed by atoms with van der Waals surface area (Å²) in [7, 11) is 3.83. The van der Waals surface area contributed by atoms with Crippen LogP contribution in [0, 0.1) is 30.6 Å². The number of nitrogens with one attached hydrogen (secondary N) is 1. The van der Waals surface area contributed by atoms with Crippen molar-refractivity contribution in [3.05, 3.63) is 25.1 Å². The molecule has 0 aromatic rings. The van der Waals surface area contributed by atoms with E-state index in [1.165, 1.54) is 19.1 Å². The van der Waals surface area contributed by atoms with E-state index in [4.69, 9.17) is 0 Å². The number of unbranched alkanes of at least 4 members (excludes halogenated alkanes) is 2. The third kappa shape index (κ3) is 8.12. The number of rotatable bonds is 14. The summed E-state index contributed by atoms with van der Waals surface area (Å²) in [6, 6.07) is 0. The zero-order valence-corrected chi connectivity index (χ0v) is 19.0. The molecule has 32 heavy (non-hydrogen) atoms. The minimum absolute atomic E-state index is 0.221. The third-order valence-corrected chi connectivity index (χ3v) is 8.43. The molecule has 182 valence electrons. The number of carbonyl (C=O) groups is 1. The van der Waals surface area contributed by atoms with E-state index in [0.29, 0.717) is 11.8 Å². The van der Waals surface area contributed by atoms with Gasteiger partial charge in [-0.25, -0.2) is 0 Å². The lowest BCUT2D eigenvalue weighted by atomic mass is 9.71. The Labute approximate surface area is 191 Å². The average Bonchev–Trinajstić information content (AvgIpc) is 3.22. The van der Waals surface area contributed by atoms with Gasteiger partial charge in [0.05, 0.1) is 5.41 Å². The summed E-state index contributed by atoms with van der Waals surface area (Å²) in [6.07, 6.45) is 0.230. The summed E-state index contributed by atoms with van der Waals surface area (Å²) < 4.78 is 0. The van der Waals surface area contributed by atoms with Crippen LogP contribution in [-0.2, 0) is 24.3 Å². The van der Waals surface area contributed by atoms with Gasteiger partial charge in [-0.15, -0.1) is 25.1 Å². The highest BCUT2D eigenvalue weighted by molar-refractivity contribution is 8.77. The zero-order valence-electron chi connectivity index (χ0n) is 17.4. The maximum atomic E-state index is 12.8. The van der Waals surface area contributed by atoms with E-state index in [0.717, 1.165) is 25.7 Å². The lowest BCUT2D eigenvalue weighted by Gasteiger charge is -2.42. The van der Waals surface area contributed by atoms with Gasteiger partial charge in [-0.3, -0.25) is 4.79 Å². The van der Waals surface area contributed by atoms with Crippen molar-refractivity contribution in [1.29, 1.82) is 0 Å². The van der Waals surface area contributed by atoms with Gasteiger partial charge >= 0.3 is 0 Å². The standard InChI is InChI=1S/C16H26N4O10S2/c1-16(15(21)17-7-4-2-3-5-11-6-8-31-32-11)9-12(27-19(23)24)14(29-30-18-22)13(10-16)28-20(25)26/h11-14H,2-10H2,1H3,(H,17,21). The van der Waals surface area contributed by atoms with Gasteiger partial charge in [0.15, 0.2) is 11.4 Å². The van der Waals surface area contributed by atoms with Crippen LogP contribution in [-0.4, -0.2) is 51.9 Å². The van der Waals surface area contributed by atoms with E-state index in [2.05, 4.69) is 24.9 Å². The molecule has 1 N–H and O–H groups in total. The molecule has 1 amide bonds. The molecule has 3 atom stereocenters. The predicted molar refractivity (Wildman–Crippen MR) is 113 cm³/mol. The Kier molecular flexibility index (Phi) is 10.5. The van der Waals surface area contributed by atoms with Crippen molar-refractivity contribution in [3.63, 3.8) is 0 Å². The van der Waals surface area contributed by atoms with Crippen molar-refractivity contribution in [3.8, 4) is 0 Å². The molecule has 0 bridgehead atoms. The fraction of sp³-hybridized carbons (Fsp3) is 0.938. The van der Waals surface area contributed by atoms with E-state index in [1.54, 1.807) is 0 Å². The molecular weight excluding hydrogens is 472 g/mol. The average molecular weight is 499 g/mol. The molecule has 14 nitrogen and oxygen atoms in total. The number of amides is 1. The van der Waals surface area contributed by atoms with Crippen molar-refractivity contribution < 1.29 is 34.5 Å². The second-order valence-corrected chi connectivity index (χ2v) is 10.6. The lowest BCUT2D eigenvalue weighted by molar-refractivity contribution is -0.787. The Morgan fingerprint density at radius 3 is 2.34 bits per heavy atom. The number of hydrogen-bond acceptors (Lipinski definition) is 13. The van der Waals surface area contributed by atoms with Crippen LogP contribution in [0.25, 0.3) is 0 Å². The topological polar surface area (TPSA) is 182 Å². The fourth-order valence-electron chi connectivity index (χ4n) is 3.89. The molecule has 1 saturated carbocycles. The SMILES string of the molecule is CC1(C(=O)NCCCCCC2CCSS2)CC(O[N+](=O)[O-])C(OON=O)C(O[N+](=O)[O-])C1. The Balaban J connectivity index is 1.93. The molecule has 16 heteroatoms. The molecule has 2 rings (SSSR count). The second kappa shape index (κ2) is 12.8. The highest BCUT2D eigenvalue weighted by atomic mass is 33.1. The summed E-state index contributed by atoms with van der Waals surface area (Å²) in [5.41, 5.74) is -1.28. The maximum Gasteiger partial charge on any atom is 0.294 e. The van der Waals surface area contributed by atoms with Crippen LogP contribution < -0.4 is 5.32 Å². The Morgan fingerprint density at radius 1 is 1.16 bits per heavy atom. The quantitative estimate of drug-likeness (QED) is 0.0924. The molecular formula is C16H26N4O10S2. The van der Waals surface area contributed by atoms with Crippen molar-refractivity contribution in [2.24, 2.45) is 10.8 Å². The molecule has 0 radical (unpaired) electrons. The smallest absolute Gasteiger partial charge is 0.294 e. The van der Waals surface area contributed by atoms with Gasteiger partial charge in [-0.05, 0) is 32.1 Å². The van der Waals surface area contributed by atoms with Gasteiger partial charge in [-0.1, -0.05) is 41.4 Å². The molecule has 2 aliphatic rings. The van der Waals surface area contributed by atoms with Crippen molar-refractivity contribution in [1.82, 2.24) is 5.32 Å². The molecule has 2 fully saturated rings. The number of nitrogens with zero attached hydrogens (tertiary/aromatic N) is 3. The first-order valence-electron chi connectivity index (χ1n) is 10.1. The van der Waals surface area contributed by atoms with Gasteiger partial charge < -0.3 is 15.0 Å². The first-order valence-corrected chi connectivity index (χ1v) is 12.5. The van der Waals surface area contributed by atoms with Crippen LogP contribution in [0.5, 0.6) is 0 Å². The highest BCUT2D eigenvalue weighted by Crippen LogP contribution is 2.41. The molecule has 0 spiro atoms. The minimum Gasteiger partial charge on any atom is -0.356 e. The molecule has 1 heterocycles. The molecule has 3 unspecified atom stereocenters. The van der Waals surface area contributed by atoms with Gasteiger partial charge in [0.2, 0.25) is 5.91 Å². The summed E-state index contributed by atoms with van der Waals surface area (Å²) in [4.78, 5) is 62.5. The second-order valence-electron chi connectivity index (χ2n) is 7.85. The van der Waals surface area contributed by atoms with E-state index in [-0.39, 0.29) is 12.8 Å². The van der Waals surface area contributed by atoms with Crippen LogP contribution in [0.2, 0.25) is 0 Å². The van der Waals surface area contributed by atoms with Crippen LogP contribution in [0.4, 0.5) is 0 Å². The van der Waals surface area contributed by atoms with Crippen LogP contribution in [0.1, 0.15) is 51.9 Å². The number of hydrogen-bond donors (Lipinski definition) is 1. The Morgan fingerprint density at radius 2 is 1.81 bits per heavy atom. The molecule has 1 aliphatic carbocycles. The third-order valence-electron chi connectivity index (χ3n) is 5.43. The van der Waals surface area contributed by atoms with E-state index < -0.39 is 39.8 Å². The summed E-state index contributed by atoms with van der Waals surface area (Å²) in [6.45, 7) is 1.90. The molecule has 1 saturated heterocycles. The van der Waals surface area contributed by atoms with E-state index in [9.17, 15) is 29.9 Å². The fourth-order valence-corrected chi connectivity index (χ4v) is 6.92. The lowest BCUT2D eigenvalue weighted by Crippen LogP contribution is -2.56.